The molecule has 0 spiro atoms. The van der Waals surface area contributed by atoms with Crippen LogP contribution >= 0.6 is 11.6 Å². The van der Waals surface area contributed by atoms with E-state index in [-0.39, 0.29) is 25.0 Å². The summed E-state index contributed by atoms with van der Waals surface area (Å²) in [5.41, 5.74) is 1.65. The summed E-state index contributed by atoms with van der Waals surface area (Å²) in [5, 5.41) is 19.2. The highest BCUT2D eigenvalue weighted by Crippen LogP contribution is 2.23. The Hall–Kier alpha value is -1.61. The third-order valence-electron chi connectivity index (χ3n) is 4.04. The number of nitriles is 1. The van der Waals surface area contributed by atoms with Crippen LogP contribution in [0.5, 0.6) is 0 Å². The first kappa shape index (κ1) is 17.7. The quantitative estimate of drug-likeness (QED) is 0.897. The molecule has 1 N–H and O–H groups in total. The summed E-state index contributed by atoms with van der Waals surface area (Å²) in [6.45, 7) is 3.84. The Morgan fingerprint density at radius 1 is 1.57 bits per heavy atom. The fraction of sp³-hybridized carbons (Fsp3) is 0.529. The second kappa shape index (κ2) is 8.30. The van der Waals surface area contributed by atoms with Crippen molar-refractivity contribution in [1.29, 1.82) is 5.26 Å². The molecule has 1 fully saturated rings. The van der Waals surface area contributed by atoms with Crippen molar-refractivity contribution in [3.8, 4) is 6.07 Å². The highest BCUT2D eigenvalue weighted by Gasteiger charge is 2.23. The van der Waals surface area contributed by atoms with Gasteiger partial charge in [0.1, 0.15) is 0 Å². The van der Waals surface area contributed by atoms with Crippen LogP contribution in [0.2, 0.25) is 5.02 Å². The Balaban J connectivity index is 2.11. The largest absolute Gasteiger partial charge is 0.392 e. The maximum absolute atomic E-state index is 12.7. The molecule has 1 unspecified atom stereocenters. The molecule has 0 aliphatic carbocycles. The second-order valence-electron chi connectivity index (χ2n) is 5.92. The second-order valence-corrected chi connectivity index (χ2v) is 6.33. The van der Waals surface area contributed by atoms with Gasteiger partial charge in [0.2, 0.25) is 5.91 Å². The van der Waals surface area contributed by atoms with Crippen LogP contribution in [0.1, 0.15) is 24.8 Å². The average Bonchev–Trinajstić information content (AvgIpc) is 2.51. The Labute approximate surface area is 142 Å². The van der Waals surface area contributed by atoms with Gasteiger partial charge in [-0.1, -0.05) is 11.6 Å². The van der Waals surface area contributed by atoms with Crippen molar-refractivity contribution in [2.45, 2.75) is 32.3 Å². The predicted octanol–water partition coefficient (Wildman–Crippen LogP) is 2.35. The molecule has 2 rings (SSSR count). The van der Waals surface area contributed by atoms with Crippen molar-refractivity contribution >= 4 is 23.2 Å². The SMILES string of the molecule is Cc1cc(N(CCC#N)C(=O)CN2CCCC(O)C2)ccc1Cl. The van der Waals surface area contributed by atoms with Crippen molar-refractivity contribution in [2.75, 3.05) is 31.1 Å². The summed E-state index contributed by atoms with van der Waals surface area (Å²) in [6.07, 6.45) is 1.60. The van der Waals surface area contributed by atoms with Gasteiger partial charge in [-0.2, -0.15) is 5.26 Å². The van der Waals surface area contributed by atoms with Gasteiger partial charge in [0, 0.05) is 23.8 Å². The summed E-state index contributed by atoms with van der Waals surface area (Å²) in [5.74, 6) is -0.0592. The minimum absolute atomic E-state index is 0.0592. The van der Waals surface area contributed by atoms with Gasteiger partial charge in [-0.05, 0) is 50.1 Å². The van der Waals surface area contributed by atoms with Crippen molar-refractivity contribution in [2.24, 2.45) is 0 Å². The molecule has 0 saturated carbocycles. The molecule has 1 heterocycles. The molecule has 1 saturated heterocycles. The number of halogens is 1. The lowest BCUT2D eigenvalue weighted by atomic mass is 10.1. The van der Waals surface area contributed by atoms with E-state index in [1.54, 1.807) is 17.0 Å². The normalized spacial score (nSPS) is 18.4. The molecular formula is C17H22ClN3O2. The summed E-state index contributed by atoms with van der Waals surface area (Å²) >= 11 is 6.05. The molecule has 1 atom stereocenters. The van der Waals surface area contributed by atoms with Crippen LogP contribution < -0.4 is 4.90 Å². The maximum Gasteiger partial charge on any atom is 0.241 e. The van der Waals surface area contributed by atoms with Crippen LogP contribution in [-0.2, 0) is 4.79 Å². The van der Waals surface area contributed by atoms with Crippen molar-refractivity contribution in [3.63, 3.8) is 0 Å². The maximum atomic E-state index is 12.7. The zero-order valence-electron chi connectivity index (χ0n) is 13.3. The highest BCUT2D eigenvalue weighted by molar-refractivity contribution is 6.31. The molecule has 1 aromatic rings. The number of hydrogen-bond donors (Lipinski definition) is 1. The lowest BCUT2D eigenvalue weighted by Crippen LogP contribution is -2.46. The van der Waals surface area contributed by atoms with Gasteiger partial charge in [0.05, 0.1) is 25.1 Å². The van der Waals surface area contributed by atoms with Gasteiger partial charge in [-0.25, -0.2) is 0 Å². The number of rotatable bonds is 5. The molecule has 0 aromatic heterocycles. The van der Waals surface area contributed by atoms with E-state index in [9.17, 15) is 9.90 Å². The van der Waals surface area contributed by atoms with Gasteiger partial charge < -0.3 is 10.0 Å². The third kappa shape index (κ3) is 4.93. The number of carbonyl (C=O) groups is 1. The number of amides is 1. The number of nitrogens with zero attached hydrogens (tertiary/aromatic N) is 3. The van der Waals surface area contributed by atoms with E-state index in [1.165, 1.54) is 0 Å². The van der Waals surface area contributed by atoms with E-state index in [4.69, 9.17) is 16.9 Å². The molecule has 23 heavy (non-hydrogen) atoms. The predicted molar refractivity (Wildman–Crippen MR) is 90.5 cm³/mol. The molecule has 0 radical (unpaired) electrons. The molecular weight excluding hydrogens is 314 g/mol. The van der Waals surface area contributed by atoms with Crippen LogP contribution in [0.3, 0.4) is 0 Å². The third-order valence-corrected chi connectivity index (χ3v) is 4.47. The van der Waals surface area contributed by atoms with Crippen LogP contribution in [0, 0.1) is 18.3 Å². The summed E-state index contributed by atoms with van der Waals surface area (Å²) < 4.78 is 0. The monoisotopic (exact) mass is 335 g/mol. The van der Waals surface area contributed by atoms with Crippen molar-refractivity contribution in [3.05, 3.63) is 28.8 Å². The molecule has 1 aromatic carbocycles. The number of benzene rings is 1. The zero-order valence-corrected chi connectivity index (χ0v) is 14.1. The Bertz CT molecular complexity index is 600. The molecule has 5 nitrogen and oxygen atoms in total. The Morgan fingerprint density at radius 2 is 2.35 bits per heavy atom. The van der Waals surface area contributed by atoms with Gasteiger partial charge >= 0.3 is 0 Å². The Kier molecular flexibility index (Phi) is 6.40. The van der Waals surface area contributed by atoms with Gasteiger partial charge in [-0.3, -0.25) is 9.69 Å². The molecule has 0 bridgehead atoms. The van der Waals surface area contributed by atoms with E-state index in [2.05, 4.69) is 6.07 Å². The summed E-state index contributed by atoms with van der Waals surface area (Å²) in [7, 11) is 0. The number of piperidine rings is 1. The lowest BCUT2D eigenvalue weighted by molar-refractivity contribution is -0.120. The number of aliphatic hydroxyl groups excluding tert-OH is 1. The Morgan fingerprint density at radius 3 is 3.00 bits per heavy atom. The van der Waals surface area contributed by atoms with Crippen LogP contribution in [0.4, 0.5) is 5.69 Å². The highest BCUT2D eigenvalue weighted by atomic mass is 35.5. The van der Waals surface area contributed by atoms with Gasteiger partial charge in [0.15, 0.2) is 0 Å². The van der Waals surface area contributed by atoms with E-state index >= 15 is 0 Å². The fourth-order valence-corrected chi connectivity index (χ4v) is 2.93. The number of aliphatic hydroxyl groups is 1. The van der Waals surface area contributed by atoms with Crippen LogP contribution in [0.15, 0.2) is 18.2 Å². The molecule has 1 aliphatic rings. The molecule has 124 valence electrons. The molecule has 6 heteroatoms. The summed E-state index contributed by atoms with van der Waals surface area (Å²) in [6, 6.07) is 7.52. The smallest absolute Gasteiger partial charge is 0.241 e. The standard InChI is InChI=1S/C17H22ClN3O2/c1-13-10-14(5-6-16(13)18)21(9-3-7-19)17(23)12-20-8-2-4-15(22)11-20/h5-6,10,15,22H,2-4,8-9,11-12H2,1H3. The van der Waals surface area contributed by atoms with Crippen molar-refractivity contribution < 1.29 is 9.90 Å². The number of carbonyl (C=O) groups excluding carboxylic acids is 1. The van der Waals surface area contributed by atoms with Crippen LogP contribution in [-0.4, -0.2) is 48.2 Å². The summed E-state index contributed by atoms with van der Waals surface area (Å²) in [4.78, 5) is 16.3. The molecule has 1 amide bonds. The van der Waals surface area contributed by atoms with Crippen molar-refractivity contribution in [1.82, 2.24) is 4.90 Å². The molecule has 1 aliphatic heterocycles. The minimum Gasteiger partial charge on any atom is -0.392 e. The number of hydrogen-bond acceptors (Lipinski definition) is 4. The zero-order chi connectivity index (χ0) is 16.8. The van der Waals surface area contributed by atoms with E-state index in [1.807, 2.05) is 17.9 Å². The average molecular weight is 336 g/mol. The fourth-order valence-electron chi connectivity index (χ4n) is 2.81. The number of β-amino-alcohol motifs (C(OH)–C–C–N with tert-alkyl or cyclic N) is 1. The van der Waals surface area contributed by atoms with E-state index in [0.29, 0.717) is 18.1 Å². The number of anilines is 1. The van der Waals surface area contributed by atoms with Crippen LogP contribution in [0.25, 0.3) is 0 Å². The minimum atomic E-state index is -0.359. The first-order chi connectivity index (χ1) is 11.0. The van der Waals surface area contributed by atoms with E-state index < -0.39 is 0 Å². The van der Waals surface area contributed by atoms with Gasteiger partial charge in [0.25, 0.3) is 0 Å². The van der Waals surface area contributed by atoms with E-state index in [0.717, 1.165) is 30.6 Å². The van der Waals surface area contributed by atoms with Gasteiger partial charge in [-0.15, -0.1) is 0 Å². The first-order valence-electron chi connectivity index (χ1n) is 7.85. The first-order valence-corrected chi connectivity index (χ1v) is 8.23. The number of aryl methyl sites for hydroxylation is 1. The number of likely N-dealkylation sites (tertiary alicyclic amines) is 1. The topological polar surface area (TPSA) is 67.6 Å². The lowest BCUT2D eigenvalue weighted by Gasteiger charge is -2.31.